The first-order valence-electron chi connectivity index (χ1n) is 9.05. The quantitative estimate of drug-likeness (QED) is 0.740. The lowest BCUT2D eigenvalue weighted by atomic mass is 10.1. The standard InChI is InChI=1S/C19H23Cl2N3O3S/c1-14(25)10-19(15-11-17(21)13-22-12-15)28(26,27)24-8-6-23(7-9-24)18-4-2-16(20)3-5-18/h2-5,11-14,19,25H,6-10H2,1H3. The molecule has 2 heterocycles. The first kappa shape index (κ1) is 21.3. The van der Waals surface area contributed by atoms with Crippen molar-refractivity contribution in [3.63, 3.8) is 0 Å². The van der Waals surface area contributed by atoms with Crippen LogP contribution in [-0.2, 0) is 10.0 Å². The van der Waals surface area contributed by atoms with Gasteiger partial charge in [0.25, 0.3) is 0 Å². The highest BCUT2D eigenvalue weighted by Gasteiger charge is 2.36. The number of halogens is 2. The molecule has 1 aromatic heterocycles. The summed E-state index contributed by atoms with van der Waals surface area (Å²) in [6, 6.07) is 9.11. The van der Waals surface area contributed by atoms with E-state index in [0.717, 1.165) is 5.69 Å². The van der Waals surface area contributed by atoms with Gasteiger partial charge in [-0.25, -0.2) is 8.42 Å². The van der Waals surface area contributed by atoms with Crippen LogP contribution in [0, 0.1) is 0 Å². The third kappa shape index (κ3) is 4.96. The molecule has 2 unspecified atom stereocenters. The fraction of sp³-hybridized carbons (Fsp3) is 0.421. The Hall–Kier alpha value is -1.38. The summed E-state index contributed by atoms with van der Waals surface area (Å²) < 4.78 is 28.2. The monoisotopic (exact) mass is 443 g/mol. The molecule has 2 atom stereocenters. The number of aliphatic hydroxyl groups is 1. The van der Waals surface area contributed by atoms with Crippen molar-refractivity contribution in [2.24, 2.45) is 0 Å². The SMILES string of the molecule is CC(O)CC(c1cncc(Cl)c1)S(=O)(=O)N1CCN(c2ccc(Cl)cc2)CC1. The minimum absolute atomic E-state index is 0.0851. The second-order valence-corrected chi connectivity index (χ2v) is 9.91. The summed E-state index contributed by atoms with van der Waals surface area (Å²) in [7, 11) is -3.67. The Morgan fingerprint density at radius 1 is 1.07 bits per heavy atom. The molecule has 9 heteroatoms. The summed E-state index contributed by atoms with van der Waals surface area (Å²) in [6.07, 6.45) is 2.28. The van der Waals surface area contributed by atoms with E-state index in [1.807, 2.05) is 24.3 Å². The van der Waals surface area contributed by atoms with Crippen molar-refractivity contribution in [1.82, 2.24) is 9.29 Å². The summed E-state index contributed by atoms with van der Waals surface area (Å²) in [5.74, 6) is 0. The fourth-order valence-electron chi connectivity index (χ4n) is 3.38. The number of benzene rings is 1. The number of hydrogen-bond donors (Lipinski definition) is 1. The van der Waals surface area contributed by atoms with Gasteiger partial charge in [0.1, 0.15) is 5.25 Å². The first-order chi connectivity index (χ1) is 13.3. The van der Waals surface area contributed by atoms with Gasteiger partial charge in [-0.15, -0.1) is 0 Å². The Labute approximate surface area is 175 Å². The van der Waals surface area contributed by atoms with Crippen LogP contribution in [0.15, 0.2) is 42.7 Å². The van der Waals surface area contributed by atoms with Crippen LogP contribution in [-0.4, -0.2) is 55.1 Å². The lowest BCUT2D eigenvalue weighted by molar-refractivity contribution is 0.181. The van der Waals surface area contributed by atoms with Crippen molar-refractivity contribution in [2.75, 3.05) is 31.1 Å². The first-order valence-corrected chi connectivity index (χ1v) is 11.3. The number of nitrogens with zero attached hydrogens (tertiary/aromatic N) is 3. The molecule has 1 aromatic carbocycles. The van der Waals surface area contributed by atoms with E-state index < -0.39 is 21.4 Å². The minimum Gasteiger partial charge on any atom is -0.393 e. The maximum absolute atomic E-state index is 13.3. The molecular weight excluding hydrogens is 421 g/mol. The molecule has 3 rings (SSSR count). The van der Waals surface area contributed by atoms with E-state index in [1.54, 1.807) is 13.0 Å². The molecule has 1 saturated heterocycles. The van der Waals surface area contributed by atoms with Crippen LogP contribution in [0.4, 0.5) is 5.69 Å². The second kappa shape index (κ2) is 8.97. The maximum atomic E-state index is 13.3. The van der Waals surface area contributed by atoms with Gasteiger partial charge >= 0.3 is 0 Å². The van der Waals surface area contributed by atoms with Crippen LogP contribution in [0.2, 0.25) is 10.0 Å². The van der Waals surface area contributed by atoms with Gasteiger partial charge < -0.3 is 10.0 Å². The number of hydrogen-bond acceptors (Lipinski definition) is 5. The van der Waals surface area contributed by atoms with E-state index in [2.05, 4.69) is 9.88 Å². The van der Waals surface area contributed by atoms with Gasteiger partial charge in [-0.3, -0.25) is 4.98 Å². The Balaban J connectivity index is 1.77. The Kier molecular flexibility index (Phi) is 6.83. The summed E-state index contributed by atoms with van der Waals surface area (Å²) >= 11 is 11.9. The predicted molar refractivity (Wildman–Crippen MR) is 112 cm³/mol. The van der Waals surface area contributed by atoms with Gasteiger partial charge in [-0.05, 0) is 49.2 Å². The van der Waals surface area contributed by atoms with Gasteiger partial charge in [-0.2, -0.15) is 4.31 Å². The largest absolute Gasteiger partial charge is 0.393 e. The van der Waals surface area contributed by atoms with Crippen molar-refractivity contribution >= 4 is 38.9 Å². The topological polar surface area (TPSA) is 73.7 Å². The molecule has 2 aromatic rings. The zero-order valence-corrected chi connectivity index (χ0v) is 17.8. The molecule has 0 saturated carbocycles. The molecule has 1 fully saturated rings. The molecule has 1 aliphatic heterocycles. The van der Waals surface area contributed by atoms with Gasteiger partial charge in [0, 0.05) is 49.3 Å². The van der Waals surface area contributed by atoms with Crippen molar-refractivity contribution in [2.45, 2.75) is 24.7 Å². The molecule has 1 aliphatic rings. The van der Waals surface area contributed by atoms with Crippen molar-refractivity contribution < 1.29 is 13.5 Å². The van der Waals surface area contributed by atoms with Gasteiger partial charge in [0.2, 0.25) is 10.0 Å². The smallest absolute Gasteiger partial charge is 0.221 e. The highest BCUT2D eigenvalue weighted by Crippen LogP contribution is 2.32. The van der Waals surface area contributed by atoms with Crippen molar-refractivity contribution in [3.05, 3.63) is 58.3 Å². The third-order valence-electron chi connectivity index (χ3n) is 4.80. The molecule has 6 nitrogen and oxygen atoms in total. The Morgan fingerprint density at radius 3 is 2.29 bits per heavy atom. The van der Waals surface area contributed by atoms with Gasteiger partial charge in [-0.1, -0.05) is 23.2 Å². The number of sulfonamides is 1. The molecule has 28 heavy (non-hydrogen) atoms. The van der Waals surface area contributed by atoms with Crippen LogP contribution in [0.1, 0.15) is 24.2 Å². The van der Waals surface area contributed by atoms with Crippen LogP contribution in [0.3, 0.4) is 0 Å². The number of aromatic nitrogens is 1. The van der Waals surface area contributed by atoms with Crippen LogP contribution >= 0.6 is 23.2 Å². The van der Waals surface area contributed by atoms with Crippen LogP contribution < -0.4 is 4.90 Å². The van der Waals surface area contributed by atoms with E-state index in [-0.39, 0.29) is 6.42 Å². The fourth-order valence-corrected chi connectivity index (χ4v) is 5.71. The zero-order valence-electron chi connectivity index (χ0n) is 15.5. The third-order valence-corrected chi connectivity index (χ3v) is 7.53. The molecule has 0 radical (unpaired) electrons. The lowest BCUT2D eigenvalue weighted by Crippen LogP contribution is -2.50. The van der Waals surface area contributed by atoms with Crippen LogP contribution in [0.5, 0.6) is 0 Å². The molecule has 0 amide bonds. The van der Waals surface area contributed by atoms with E-state index in [4.69, 9.17) is 23.2 Å². The Morgan fingerprint density at radius 2 is 1.71 bits per heavy atom. The summed E-state index contributed by atoms with van der Waals surface area (Å²) in [4.78, 5) is 6.15. The number of pyridine rings is 1. The number of piperazine rings is 1. The number of rotatable bonds is 6. The molecule has 1 N–H and O–H groups in total. The predicted octanol–water partition coefficient (Wildman–Crippen LogP) is 3.35. The molecular formula is C19H23Cl2N3O3S. The maximum Gasteiger partial charge on any atom is 0.221 e. The average Bonchev–Trinajstić information content (AvgIpc) is 2.66. The summed E-state index contributed by atoms with van der Waals surface area (Å²) in [5.41, 5.74) is 1.51. The highest BCUT2D eigenvalue weighted by atomic mass is 35.5. The van der Waals surface area contributed by atoms with Crippen LogP contribution in [0.25, 0.3) is 0 Å². The molecule has 152 valence electrons. The van der Waals surface area contributed by atoms with Crippen molar-refractivity contribution in [3.8, 4) is 0 Å². The number of aliphatic hydroxyl groups excluding tert-OH is 1. The van der Waals surface area contributed by atoms with Gasteiger partial charge in [0.15, 0.2) is 0 Å². The second-order valence-electron chi connectivity index (χ2n) is 6.92. The zero-order chi connectivity index (χ0) is 20.3. The summed E-state index contributed by atoms with van der Waals surface area (Å²) in [5, 5.41) is 10.0. The van der Waals surface area contributed by atoms with E-state index in [0.29, 0.717) is 41.8 Å². The minimum atomic E-state index is -3.67. The molecule has 0 bridgehead atoms. The van der Waals surface area contributed by atoms with E-state index in [9.17, 15) is 13.5 Å². The van der Waals surface area contributed by atoms with E-state index in [1.165, 1.54) is 16.7 Å². The normalized spacial score (nSPS) is 18.1. The lowest BCUT2D eigenvalue weighted by Gasteiger charge is -2.37. The Bertz CT molecular complexity index is 899. The molecule has 0 aliphatic carbocycles. The van der Waals surface area contributed by atoms with E-state index >= 15 is 0 Å². The molecule has 0 spiro atoms. The highest BCUT2D eigenvalue weighted by molar-refractivity contribution is 7.89. The number of anilines is 1. The summed E-state index contributed by atoms with van der Waals surface area (Å²) in [6.45, 7) is 3.48. The average molecular weight is 444 g/mol. The van der Waals surface area contributed by atoms with Crippen molar-refractivity contribution in [1.29, 1.82) is 0 Å². The van der Waals surface area contributed by atoms with Gasteiger partial charge in [0.05, 0.1) is 11.1 Å².